The van der Waals surface area contributed by atoms with Crippen molar-refractivity contribution in [2.75, 3.05) is 6.54 Å². The molecule has 2 heterocycles. The Kier molecular flexibility index (Phi) is 3.71. The van der Waals surface area contributed by atoms with Crippen LogP contribution in [0.15, 0.2) is 6.33 Å². The lowest BCUT2D eigenvalue weighted by atomic mass is 10.3. The highest BCUT2D eigenvalue weighted by molar-refractivity contribution is 5.85. The van der Waals surface area contributed by atoms with E-state index in [1.165, 1.54) is 0 Å². The van der Waals surface area contributed by atoms with Crippen molar-refractivity contribution >= 4 is 12.4 Å². The molecule has 0 aromatic carbocycles. The Balaban J connectivity index is 0.000000845. The zero-order valence-corrected chi connectivity index (χ0v) is 8.18. The van der Waals surface area contributed by atoms with E-state index < -0.39 is 0 Å². The number of rotatable bonds is 1. The molecule has 4 nitrogen and oxygen atoms in total. The maximum atomic E-state index is 8.97. The molecule has 0 saturated carbocycles. The number of nitrogens with zero attached hydrogens (tertiary/aromatic N) is 2. The summed E-state index contributed by atoms with van der Waals surface area (Å²) in [5.74, 6) is 0. The van der Waals surface area contributed by atoms with Crippen LogP contribution in [0.4, 0.5) is 0 Å². The van der Waals surface area contributed by atoms with E-state index in [0.717, 1.165) is 37.4 Å². The van der Waals surface area contributed by atoms with Crippen LogP contribution in [0.3, 0.4) is 0 Å². The van der Waals surface area contributed by atoms with Crippen LogP contribution in [0.2, 0.25) is 0 Å². The number of fused-ring (bicyclic) bond motifs is 1. The molecule has 0 spiro atoms. The number of aliphatic hydroxyl groups excluding tert-OH is 1. The predicted octanol–water partition coefficient (Wildman–Crippen LogP) is 0.290. The third-order valence-corrected chi connectivity index (χ3v) is 2.23. The van der Waals surface area contributed by atoms with E-state index in [1.807, 2.05) is 6.33 Å². The molecule has 1 aromatic heterocycles. The molecule has 0 aliphatic carbocycles. The lowest BCUT2D eigenvalue weighted by Crippen LogP contribution is -2.13. The molecule has 0 saturated heterocycles. The topological polar surface area (TPSA) is 50.1 Å². The van der Waals surface area contributed by atoms with Crippen LogP contribution in [0.5, 0.6) is 0 Å². The van der Waals surface area contributed by atoms with Gasteiger partial charge in [0.25, 0.3) is 0 Å². The summed E-state index contributed by atoms with van der Waals surface area (Å²) < 4.78 is 2.12. The molecule has 74 valence electrons. The summed E-state index contributed by atoms with van der Waals surface area (Å²) in [4.78, 5) is 4.13. The van der Waals surface area contributed by atoms with Crippen molar-refractivity contribution in [1.29, 1.82) is 0 Å². The Bertz CT molecular complexity index is 274. The van der Waals surface area contributed by atoms with Gasteiger partial charge in [0.1, 0.15) is 0 Å². The van der Waals surface area contributed by atoms with E-state index >= 15 is 0 Å². The van der Waals surface area contributed by atoms with Gasteiger partial charge in [-0.15, -0.1) is 12.4 Å². The molecule has 2 rings (SSSR count). The Morgan fingerprint density at radius 3 is 3.23 bits per heavy atom. The summed E-state index contributed by atoms with van der Waals surface area (Å²) in [6, 6.07) is 0. The minimum Gasteiger partial charge on any atom is -0.390 e. The molecule has 0 bridgehead atoms. The van der Waals surface area contributed by atoms with E-state index in [0.29, 0.717) is 0 Å². The monoisotopic (exact) mass is 203 g/mol. The first kappa shape index (κ1) is 10.5. The largest absolute Gasteiger partial charge is 0.390 e. The summed E-state index contributed by atoms with van der Waals surface area (Å²) in [5, 5.41) is 12.3. The highest BCUT2D eigenvalue weighted by Crippen LogP contribution is 2.10. The Labute approximate surface area is 83.4 Å². The molecule has 0 radical (unpaired) electrons. The van der Waals surface area contributed by atoms with Crippen molar-refractivity contribution < 1.29 is 5.11 Å². The fourth-order valence-corrected chi connectivity index (χ4v) is 1.56. The fourth-order valence-electron chi connectivity index (χ4n) is 1.56. The SMILES string of the molecule is Cl.OCc1ncn2c1CNCCC2. The van der Waals surface area contributed by atoms with Gasteiger partial charge >= 0.3 is 0 Å². The number of hydrogen-bond acceptors (Lipinski definition) is 3. The molecular formula is C8H14ClN3O. The van der Waals surface area contributed by atoms with Gasteiger partial charge in [-0.3, -0.25) is 0 Å². The highest BCUT2D eigenvalue weighted by atomic mass is 35.5. The van der Waals surface area contributed by atoms with Gasteiger partial charge in [0.15, 0.2) is 0 Å². The highest BCUT2D eigenvalue weighted by Gasteiger charge is 2.11. The first-order chi connectivity index (χ1) is 5.92. The number of nitrogens with one attached hydrogen (secondary N) is 1. The van der Waals surface area contributed by atoms with Crippen LogP contribution in [0, 0.1) is 0 Å². The third-order valence-electron chi connectivity index (χ3n) is 2.23. The molecule has 2 N–H and O–H groups in total. The average Bonchev–Trinajstić information content (AvgIpc) is 2.33. The summed E-state index contributed by atoms with van der Waals surface area (Å²) >= 11 is 0. The molecule has 0 amide bonds. The maximum absolute atomic E-state index is 8.97. The smallest absolute Gasteiger partial charge is 0.0953 e. The van der Waals surface area contributed by atoms with Crippen LogP contribution >= 0.6 is 12.4 Å². The normalized spacial score (nSPS) is 15.8. The van der Waals surface area contributed by atoms with Crippen molar-refractivity contribution in [3.8, 4) is 0 Å². The molecule has 0 atom stereocenters. The molecule has 0 fully saturated rings. The average molecular weight is 204 g/mol. The van der Waals surface area contributed by atoms with Crippen LogP contribution in [0.1, 0.15) is 17.8 Å². The molecule has 13 heavy (non-hydrogen) atoms. The van der Waals surface area contributed by atoms with Crippen LogP contribution in [0.25, 0.3) is 0 Å². The van der Waals surface area contributed by atoms with Crippen molar-refractivity contribution in [1.82, 2.24) is 14.9 Å². The van der Waals surface area contributed by atoms with Gasteiger partial charge < -0.3 is 15.0 Å². The fraction of sp³-hybridized carbons (Fsp3) is 0.625. The molecule has 1 aliphatic rings. The lowest BCUT2D eigenvalue weighted by Gasteiger charge is -2.02. The number of halogens is 1. The second-order valence-electron chi connectivity index (χ2n) is 3.02. The van der Waals surface area contributed by atoms with Gasteiger partial charge in [-0.05, 0) is 13.0 Å². The molecule has 1 aromatic rings. The summed E-state index contributed by atoms with van der Waals surface area (Å²) in [5.41, 5.74) is 1.94. The van der Waals surface area contributed by atoms with Gasteiger partial charge in [-0.2, -0.15) is 0 Å². The van der Waals surface area contributed by atoms with Crippen molar-refractivity contribution in [2.24, 2.45) is 0 Å². The van der Waals surface area contributed by atoms with Crippen molar-refractivity contribution in [3.63, 3.8) is 0 Å². The van der Waals surface area contributed by atoms with E-state index in [4.69, 9.17) is 5.11 Å². The summed E-state index contributed by atoms with van der Waals surface area (Å²) in [7, 11) is 0. The van der Waals surface area contributed by atoms with Crippen LogP contribution < -0.4 is 5.32 Å². The number of aliphatic hydroxyl groups is 1. The van der Waals surface area contributed by atoms with Gasteiger partial charge in [-0.1, -0.05) is 0 Å². The van der Waals surface area contributed by atoms with E-state index in [2.05, 4.69) is 14.9 Å². The zero-order valence-electron chi connectivity index (χ0n) is 7.36. The summed E-state index contributed by atoms with van der Waals surface area (Å²) in [6.07, 6.45) is 2.95. The number of aryl methyl sites for hydroxylation is 1. The molecule has 0 unspecified atom stereocenters. The van der Waals surface area contributed by atoms with Gasteiger partial charge in [0, 0.05) is 13.1 Å². The molecule has 5 heteroatoms. The first-order valence-electron chi connectivity index (χ1n) is 4.26. The summed E-state index contributed by atoms with van der Waals surface area (Å²) in [6.45, 7) is 2.93. The van der Waals surface area contributed by atoms with E-state index in [9.17, 15) is 0 Å². The molecule has 1 aliphatic heterocycles. The van der Waals surface area contributed by atoms with Crippen molar-refractivity contribution in [3.05, 3.63) is 17.7 Å². The maximum Gasteiger partial charge on any atom is 0.0953 e. The second-order valence-corrected chi connectivity index (χ2v) is 3.02. The number of imidazole rings is 1. The minimum absolute atomic E-state index is 0. The van der Waals surface area contributed by atoms with Crippen LogP contribution in [-0.4, -0.2) is 21.2 Å². The zero-order chi connectivity index (χ0) is 8.39. The quantitative estimate of drug-likeness (QED) is 0.690. The molecular weight excluding hydrogens is 190 g/mol. The lowest BCUT2D eigenvalue weighted by molar-refractivity contribution is 0.275. The Morgan fingerprint density at radius 2 is 2.46 bits per heavy atom. The van der Waals surface area contributed by atoms with Crippen molar-refractivity contribution in [2.45, 2.75) is 26.1 Å². The standard InChI is InChI=1S/C8H13N3O.ClH/c12-5-7-8-4-9-2-1-3-11(8)6-10-7;/h6,9,12H,1-5H2;1H. The second kappa shape index (κ2) is 4.60. The Hall–Kier alpha value is -0.580. The third kappa shape index (κ3) is 2.02. The number of aromatic nitrogens is 2. The van der Waals surface area contributed by atoms with E-state index in [-0.39, 0.29) is 19.0 Å². The van der Waals surface area contributed by atoms with E-state index in [1.54, 1.807) is 0 Å². The predicted molar refractivity (Wildman–Crippen MR) is 51.7 cm³/mol. The van der Waals surface area contributed by atoms with Crippen LogP contribution in [-0.2, 0) is 19.7 Å². The van der Waals surface area contributed by atoms with Gasteiger partial charge in [0.2, 0.25) is 0 Å². The number of hydrogen-bond donors (Lipinski definition) is 2. The first-order valence-corrected chi connectivity index (χ1v) is 4.26. The van der Waals surface area contributed by atoms with Gasteiger partial charge in [-0.25, -0.2) is 4.98 Å². The minimum atomic E-state index is 0. The van der Waals surface area contributed by atoms with Gasteiger partial charge in [0.05, 0.1) is 24.3 Å². The Morgan fingerprint density at radius 1 is 1.62 bits per heavy atom.